The molecule has 0 unspecified atom stereocenters. The smallest absolute Gasteiger partial charge is 0.283 e. The zero-order valence-electron chi connectivity index (χ0n) is 16.0. The highest BCUT2D eigenvalue weighted by Gasteiger charge is 2.19. The highest BCUT2D eigenvalue weighted by molar-refractivity contribution is 7.16. The van der Waals surface area contributed by atoms with Crippen LogP contribution in [0.15, 0.2) is 56.8 Å². The molecule has 160 valence electrons. The second kappa shape index (κ2) is 9.23. The van der Waals surface area contributed by atoms with Gasteiger partial charge in [0.25, 0.3) is 5.56 Å². The third kappa shape index (κ3) is 4.83. The first-order valence-corrected chi connectivity index (χ1v) is 10.3. The number of anilines is 1. The van der Waals surface area contributed by atoms with Crippen LogP contribution in [0.1, 0.15) is 16.1 Å². The molecule has 2 N–H and O–H groups in total. The molecule has 0 radical (unpaired) electrons. The standard InChI is InChI=1S/C20H14Cl2N4O3S.ClH/c1-10-3-2-4-12(5-10)29-9-16-25-26-18(23)13(19(28)24-20(26)30-16)6-11-7-14(21)17(27)15(22)8-11;/h2-8H,9,23H2,1H3;1H. The van der Waals surface area contributed by atoms with E-state index in [1.54, 1.807) is 0 Å². The van der Waals surface area contributed by atoms with E-state index in [4.69, 9.17) is 33.7 Å². The first-order chi connectivity index (χ1) is 14.3. The van der Waals surface area contributed by atoms with Gasteiger partial charge in [-0.3, -0.25) is 9.59 Å². The molecule has 31 heavy (non-hydrogen) atoms. The van der Waals surface area contributed by atoms with E-state index in [0.717, 1.165) is 5.56 Å². The fourth-order valence-corrected chi connectivity index (χ4v) is 4.10. The summed E-state index contributed by atoms with van der Waals surface area (Å²) in [7, 11) is 0. The number of aromatic nitrogens is 3. The molecular weight excluding hydrogens is 483 g/mol. The van der Waals surface area contributed by atoms with Crippen molar-refractivity contribution in [3.05, 3.63) is 78.5 Å². The summed E-state index contributed by atoms with van der Waals surface area (Å²) in [5.41, 5.74) is 7.31. The van der Waals surface area contributed by atoms with Gasteiger partial charge in [-0.25, -0.2) is 0 Å². The number of ketones is 1. The van der Waals surface area contributed by atoms with Crippen LogP contribution in [-0.4, -0.2) is 20.4 Å². The Labute approximate surface area is 196 Å². The third-order valence-electron chi connectivity index (χ3n) is 4.22. The maximum Gasteiger partial charge on any atom is 0.283 e. The van der Waals surface area contributed by atoms with Gasteiger partial charge in [-0.1, -0.05) is 46.7 Å². The lowest BCUT2D eigenvalue weighted by Gasteiger charge is -2.07. The minimum atomic E-state index is -0.527. The number of carbonyl (C=O) groups excluding carboxylic acids is 1. The van der Waals surface area contributed by atoms with Crippen LogP contribution in [0.5, 0.6) is 5.75 Å². The number of halogens is 3. The van der Waals surface area contributed by atoms with Crippen molar-refractivity contribution in [2.75, 3.05) is 5.73 Å². The molecule has 4 rings (SSSR count). The van der Waals surface area contributed by atoms with Gasteiger partial charge < -0.3 is 10.5 Å². The van der Waals surface area contributed by atoms with Gasteiger partial charge in [0.2, 0.25) is 10.7 Å². The van der Waals surface area contributed by atoms with E-state index in [0.29, 0.717) is 21.3 Å². The molecule has 0 fully saturated rings. The number of benzene rings is 1. The molecule has 11 heteroatoms. The number of Topliss-reactive ketones (excluding diaryl/α,β-unsaturated/α-hetero) is 1. The van der Waals surface area contributed by atoms with Crippen LogP contribution >= 0.6 is 46.9 Å². The Hall–Kier alpha value is -2.65. The van der Waals surface area contributed by atoms with Gasteiger partial charge in [0.05, 0.1) is 15.6 Å². The lowest BCUT2D eigenvalue weighted by molar-refractivity contribution is -0.111. The van der Waals surface area contributed by atoms with Crippen molar-refractivity contribution in [3.8, 4) is 5.75 Å². The Balaban J connectivity index is 0.00000272. The van der Waals surface area contributed by atoms with Crippen molar-refractivity contribution in [2.24, 2.45) is 0 Å². The number of hydrogen-bond donors (Lipinski definition) is 1. The van der Waals surface area contributed by atoms with E-state index in [2.05, 4.69) is 10.1 Å². The van der Waals surface area contributed by atoms with Crippen molar-refractivity contribution >= 4 is 69.6 Å². The van der Waals surface area contributed by atoms with Gasteiger partial charge in [0.15, 0.2) is 5.01 Å². The van der Waals surface area contributed by atoms with Crippen LogP contribution in [-0.2, 0) is 11.4 Å². The fraction of sp³-hybridized carbons (Fsp3) is 0.100. The number of hydrogen-bond acceptors (Lipinski definition) is 7. The summed E-state index contributed by atoms with van der Waals surface area (Å²) >= 11 is 13.0. The molecule has 0 amide bonds. The number of allylic oxidation sites excluding steroid dienone is 5. The molecule has 0 saturated heterocycles. The summed E-state index contributed by atoms with van der Waals surface area (Å²) in [6.45, 7) is 2.18. The van der Waals surface area contributed by atoms with Crippen molar-refractivity contribution in [1.29, 1.82) is 0 Å². The summed E-state index contributed by atoms with van der Waals surface area (Å²) in [6, 6.07) is 7.65. The highest BCUT2D eigenvalue weighted by Crippen LogP contribution is 2.26. The largest absolute Gasteiger partial charge is 0.486 e. The van der Waals surface area contributed by atoms with Crippen molar-refractivity contribution in [1.82, 2.24) is 14.6 Å². The SMILES string of the molecule is Cc1cccc(OCc2nn3c(N)c(C=C4C=C(Cl)C(=O)C(Cl)=C4)c(=O)nc3s2)c1.Cl. The summed E-state index contributed by atoms with van der Waals surface area (Å²) in [5, 5.41) is 4.91. The Morgan fingerprint density at radius 2 is 1.94 bits per heavy atom. The minimum Gasteiger partial charge on any atom is -0.486 e. The third-order valence-corrected chi connectivity index (χ3v) is 5.66. The molecular formula is C20H15Cl3N4O3S. The number of ether oxygens (including phenoxy) is 1. The molecule has 2 aromatic heterocycles. The lowest BCUT2D eigenvalue weighted by atomic mass is 10.1. The van der Waals surface area contributed by atoms with Gasteiger partial charge in [-0.2, -0.15) is 14.6 Å². The van der Waals surface area contributed by atoms with E-state index in [1.165, 1.54) is 34.1 Å². The van der Waals surface area contributed by atoms with Crippen LogP contribution in [0, 0.1) is 6.92 Å². The average molecular weight is 498 g/mol. The first kappa shape index (κ1) is 23.0. The quantitative estimate of drug-likeness (QED) is 0.578. The van der Waals surface area contributed by atoms with E-state index in [9.17, 15) is 9.59 Å². The molecule has 1 aliphatic carbocycles. The monoisotopic (exact) mass is 496 g/mol. The number of nitrogen functional groups attached to an aromatic ring is 1. The number of carbonyl (C=O) groups is 1. The van der Waals surface area contributed by atoms with Crippen LogP contribution in [0.4, 0.5) is 5.82 Å². The zero-order valence-corrected chi connectivity index (χ0v) is 19.1. The predicted octanol–water partition coefficient (Wildman–Crippen LogP) is 4.25. The summed E-state index contributed by atoms with van der Waals surface area (Å²) in [6.07, 6.45) is 4.29. The van der Waals surface area contributed by atoms with Gasteiger partial charge in [-0.05, 0) is 48.4 Å². The van der Waals surface area contributed by atoms with E-state index >= 15 is 0 Å². The van der Waals surface area contributed by atoms with E-state index in [-0.39, 0.29) is 40.5 Å². The minimum absolute atomic E-state index is 0. The Morgan fingerprint density at radius 1 is 1.23 bits per heavy atom. The molecule has 0 atom stereocenters. The Bertz CT molecular complexity index is 1320. The number of nitrogens with zero attached hydrogens (tertiary/aromatic N) is 3. The molecule has 7 nitrogen and oxygen atoms in total. The summed E-state index contributed by atoms with van der Waals surface area (Å²) in [5.74, 6) is 0.349. The predicted molar refractivity (Wildman–Crippen MR) is 125 cm³/mol. The fourth-order valence-electron chi connectivity index (χ4n) is 2.79. The zero-order chi connectivity index (χ0) is 21.4. The molecule has 2 heterocycles. The van der Waals surface area contributed by atoms with Crippen LogP contribution < -0.4 is 16.0 Å². The Kier molecular flexibility index (Phi) is 6.86. The van der Waals surface area contributed by atoms with E-state index < -0.39 is 11.3 Å². The number of fused-ring (bicyclic) bond motifs is 1. The summed E-state index contributed by atoms with van der Waals surface area (Å²) in [4.78, 5) is 28.6. The highest BCUT2D eigenvalue weighted by atomic mass is 35.5. The molecule has 0 aliphatic heterocycles. The topological polar surface area (TPSA) is 99.6 Å². The second-order valence-electron chi connectivity index (χ2n) is 6.47. The number of rotatable bonds is 4. The Morgan fingerprint density at radius 3 is 2.61 bits per heavy atom. The van der Waals surface area contributed by atoms with Crippen LogP contribution in [0.3, 0.4) is 0 Å². The molecule has 1 aromatic carbocycles. The molecule has 0 bridgehead atoms. The van der Waals surface area contributed by atoms with Crippen molar-refractivity contribution < 1.29 is 9.53 Å². The molecule has 0 spiro atoms. The normalized spacial score (nSPS) is 13.5. The summed E-state index contributed by atoms with van der Waals surface area (Å²) < 4.78 is 7.14. The first-order valence-electron chi connectivity index (χ1n) is 8.70. The molecule has 3 aromatic rings. The van der Waals surface area contributed by atoms with Crippen molar-refractivity contribution in [2.45, 2.75) is 13.5 Å². The van der Waals surface area contributed by atoms with Gasteiger partial charge in [0.1, 0.15) is 18.2 Å². The number of nitrogens with two attached hydrogens (primary N) is 1. The van der Waals surface area contributed by atoms with Crippen LogP contribution in [0.25, 0.3) is 11.0 Å². The maximum absolute atomic E-state index is 12.5. The lowest BCUT2D eigenvalue weighted by Crippen LogP contribution is -2.17. The van der Waals surface area contributed by atoms with Gasteiger partial charge in [-0.15, -0.1) is 12.4 Å². The molecule has 0 saturated carbocycles. The van der Waals surface area contributed by atoms with Crippen LogP contribution in [0.2, 0.25) is 0 Å². The van der Waals surface area contributed by atoms with E-state index in [1.807, 2.05) is 31.2 Å². The maximum atomic E-state index is 12.5. The second-order valence-corrected chi connectivity index (χ2v) is 8.32. The van der Waals surface area contributed by atoms with Gasteiger partial charge in [0, 0.05) is 0 Å². The number of aryl methyl sites for hydroxylation is 1. The van der Waals surface area contributed by atoms with Crippen molar-refractivity contribution in [3.63, 3.8) is 0 Å². The molecule has 1 aliphatic rings. The van der Waals surface area contributed by atoms with Gasteiger partial charge >= 0.3 is 0 Å². The average Bonchev–Trinajstić information content (AvgIpc) is 3.11.